The first-order valence-electron chi connectivity index (χ1n) is 5.10. The predicted octanol–water partition coefficient (Wildman–Crippen LogP) is 4.28. The van der Waals surface area contributed by atoms with E-state index in [9.17, 15) is 0 Å². The summed E-state index contributed by atoms with van der Waals surface area (Å²) in [5.41, 5.74) is 0. The Labute approximate surface area is 77.4 Å². The molecular formula is C12H21. The summed E-state index contributed by atoms with van der Waals surface area (Å²) < 4.78 is 0. The number of rotatable bonds is 8. The first-order valence-corrected chi connectivity index (χ1v) is 5.10. The summed E-state index contributed by atoms with van der Waals surface area (Å²) in [7, 11) is 0. The molecule has 0 saturated carbocycles. The van der Waals surface area contributed by atoms with Gasteiger partial charge in [-0.05, 0) is 32.1 Å². The van der Waals surface area contributed by atoms with Crippen LogP contribution in [0.1, 0.15) is 51.9 Å². The summed E-state index contributed by atoms with van der Waals surface area (Å²) in [4.78, 5) is 0. The molecule has 0 saturated heterocycles. The smallest absolute Gasteiger partial charge is 0.0348 e. The largest absolute Gasteiger partial charge is 0.0885 e. The molecule has 0 heterocycles. The van der Waals surface area contributed by atoms with E-state index in [1.165, 1.54) is 38.5 Å². The van der Waals surface area contributed by atoms with Crippen LogP contribution in [-0.4, -0.2) is 0 Å². The molecule has 0 fully saturated rings. The predicted molar refractivity (Wildman–Crippen MR) is 56.0 cm³/mol. The SMILES string of the molecule is [CH]=CCCCCCC=CCCC. The van der Waals surface area contributed by atoms with Gasteiger partial charge in [-0.2, -0.15) is 0 Å². The average Bonchev–Trinajstić information content (AvgIpc) is 2.10. The molecule has 69 valence electrons. The minimum absolute atomic E-state index is 1.07. The minimum Gasteiger partial charge on any atom is -0.0885 e. The molecule has 0 aromatic heterocycles. The second-order valence-corrected chi connectivity index (χ2v) is 3.13. The fourth-order valence-corrected chi connectivity index (χ4v) is 1.10. The molecule has 0 aromatic rings. The third-order valence-corrected chi connectivity index (χ3v) is 1.86. The Morgan fingerprint density at radius 3 is 2.25 bits per heavy atom. The molecule has 0 heteroatoms. The molecule has 0 spiro atoms. The van der Waals surface area contributed by atoms with Gasteiger partial charge in [0.25, 0.3) is 0 Å². The second-order valence-electron chi connectivity index (χ2n) is 3.13. The van der Waals surface area contributed by atoms with Crippen molar-refractivity contribution in [2.24, 2.45) is 0 Å². The van der Waals surface area contributed by atoms with Crippen molar-refractivity contribution in [2.75, 3.05) is 0 Å². The highest BCUT2D eigenvalue weighted by atomic mass is 13.9. The summed E-state index contributed by atoms with van der Waals surface area (Å²) in [5.74, 6) is 0. The van der Waals surface area contributed by atoms with Crippen LogP contribution in [0.2, 0.25) is 0 Å². The zero-order valence-corrected chi connectivity index (χ0v) is 8.26. The van der Waals surface area contributed by atoms with Gasteiger partial charge in [-0.15, -0.1) is 0 Å². The lowest BCUT2D eigenvalue weighted by molar-refractivity contribution is 0.695. The quantitative estimate of drug-likeness (QED) is 0.372. The Morgan fingerprint density at radius 2 is 1.58 bits per heavy atom. The lowest BCUT2D eigenvalue weighted by Crippen LogP contribution is -1.74. The third-order valence-electron chi connectivity index (χ3n) is 1.86. The maximum atomic E-state index is 5.27. The number of hydrogen-bond donors (Lipinski definition) is 0. The van der Waals surface area contributed by atoms with Gasteiger partial charge < -0.3 is 0 Å². The van der Waals surface area contributed by atoms with Crippen molar-refractivity contribution >= 4 is 0 Å². The van der Waals surface area contributed by atoms with E-state index in [0.29, 0.717) is 0 Å². The van der Waals surface area contributed by atoms with Crippen molar-refractivity contribution in [1.82, 2.24) is 0 Å². The molecule has 0 bridgehead atoms. The molecular weight excluding hydrogens is 144 g/mol. The van der Waals surface area contributed by atoms with Crippen molar-refractivity contribution in [3.05, 3.63) is 24.8 Å². The van der Waals surface area contributed by atoms with Crippen molar-refractivity contribution < 1.29 is 0 Å². The van der Waals surface area contributed by atoms with E-state index < -0.39 is 0 Å². The Morgan fingerprint density at radius 1 is 0.917 bits per heavy atom. The van der Waals surface area contributed by atoms with Gasteiger partial charge in [-0.25, -0.2) is 0 Å². The zero-order valence-electron chi connectivity index (χ0n) is 8.26. The molecule has 0 aliphatic carbocycles. The summed E-state index contributed by atoms with van der Waals surface area (Å²) in [6.07, 6.45) is 15.0. The van der Waals surface area contributed by atoms with E-state index in [1.807, 2.05) is 0 Å². The monoisotopic (exact) mass is 165 g/mol. The maximum Gasteiger partial charge on any atom is -0.0348 e. The van der Waals surface area contributed by atoms with Crippen molar-refractivity contribution in [3.63, 3.8) is 0 Å². The highest BCUT2D eigenvalue weighted by molar-refractivity contribution is 4.80. The van der Waals surface area contributed by atoms with Gasteiger partial charge in [0.1, 0.15) is 0 Å². The van der Waals surface area contributed by atoms with Crippen LogP contribution in [0.5, 0.6) is 0 Å². The van der Waals surface area contributed by atoms with Crippen molar-refractivity contribution in [2.45, 2.75) is 51.9 Å². The van der Waals surface area contributed by atoms with Crippen molar-refractivity contribution in [1.29, 1.82) is 0 Å². The zero-order chi connectivity index (χ0) is 9.07. The summed E-state index contributed by atoms with van der Waals surface area (Å²) in [6.45, 7) is 7.48. The first kappa shape index (κ1) is 11.5. The van der Waals surface area contributed by atoms with E-state index in [-0.39, 0.29) is 0 Å². The molecule has 0 amide bonds. The second kappa shape index (κ2) is 10.5. The van der Waals surface area contributed by atoms with E-state index in [2.05, 4.69) is 19.1 Å². The molecule has 0 nitrogen and oxygen atoms in total. The molecule has 0 aliphatic heterocycles. The summed E-state index contributed by atoms with van der Waals surface area (Å²) in [6, 6.07) is 0. The first-order chi connectivity index (χ1) is 5.91. The molecule has 1 radical (unpaired) electrons. The van der Waals surface area contributed by atoms with Crippen molar-refractivity contribution in [3.8, 4) is 0 Å². The van der Waals surface area contributed by atoms with Crippen LogP contribution in [-0.2, 0) is 0 Å². The molecule has 0 aromatic carbocycles. The Bertz CT molecular complexity index is 111. The standard InChI is InChI=1S/C12H21/c1-3-5-7-9-11-12-10-8-6-4-2/h1,3,8,10H,4-7,9,11-12H2,2H3. The Kier molecular flexibility index (Phi) is 10.0. The minimum atomic E-state index is 1.07. The van der Waals surface area contributed by atoms with Gasteiger partial charge in [0.15, 0.2) is 0 Å². The van der Waals surface area contributed by atoms with Gasteiger partial charge >= 0.3 is 0 Å². The lowest BCUT2D eigenvalue weighted by atomic mass is 10.1. The van der Waals surface area contributed by atoms with Crippen LogP contribution >= 0.6 is 0 Å². The topological polar surface area (TPSA) is 0 Å². The van der Waals surface area contributed by atoms with E-state index >= 15 is 0 Å². The summed E-state index contributed by atoms with van der Waals surface area (Å²) in [5, 5.41) is 0. The molecule has 0 aliphatic rings. The lowest BCUT2D eigenvalue weighted by Gasteiger charge is -1.94. The Balaban J connectivity index is 2.94. The molecule has 0 atom stereocenters. The molecule has 0 rings (SSSR count). The fraction of sp³-hybridized carbons (Fsp3) is 0.667. The number of unbranched alkanes of at least 4 members (excludes halogenated alkanes) is 5. The van der Waals surface area contributed by atoms with E-state index in [0.717, 1.165) is 6.42 Å². The van der Waals surface area contributed by atoms with Crippen LogP contribution in [0.3, 0.4) is 0 Å². The van der Waals surface area contributed by atoms with E-state index in [4.69, 9.17) is 6.58 Å². The molecule has 0 unspecified atom stereocenters. The van der Waals surface area contributed by atoms with Gasteiger partial charge in [-0.3, -0.25) is 0 Å². The summed E-state index contributed by atoms with van der Waals surface area (Å²) >= 11 is 0. The Hall–Kier alpha value is -0.520. The maximum absolute atomic E-state index is 5.27. The van der Waals surface area contributed by atoms with Crippen LogP contribution in [0, 0.1) is 6.58 Å². The van der Waals surface area contributed by atoms with Gasteiger partial charge in [0.2, 0.25) is 0 Å². The normalized spacial score (nSPS) is 10.8. The van der Waals surface area contributed by atoms with Crippen LogP contribution < -0.4 is 0 Å². The number of hydrogen-bond acceptors (Lipinski definition) is 0. The van der Waals surface area contributed by atoms with Gasteiger partial charge in [-0.1, -0.05) is 44.6 Å². The molecule has 0 N–H and O–H groups in total. The van der Waals surface area contributed by atoms with Crippen LogP contribution in [0.25, 0.3) is 0 Å². The fourth-order valence-electron chi connectivity index (χ4n) is 1.10. The van der Waals surface area contributed by atoms with Gasteiger partial charge in [0.05, 0.1) is 0 Å². The highest BCUT2D eigenvalue weighted by Gasteiger charge is 1.84. The third kappa shape index (κ3) is 9.48. The van der Waals surface area contributed by atoms with E-state index in [1.54, 1.807) is 6.08 Å². The average molecular weight is 165 g/mol. The number of allylic oxidation sites excluding steroid dienone is 3. The molecule has 12 heavy (non-hydrogen) atoms. The van der Waals surface area contributed by atoms with Gasteiger partial charge in [0, 0.05) is 0 Å². The van der Waals surface area contributed by atoms with Crippen LogP contribution in [0.15, 0.2) is 18.2 Å². The van der Waals surface area contributed by atoms with Crippen LogP contribution in [0.4, 0.5) is 0 Å². The highest BCUT2D eigenvalue weighted by Crippen LogP contribution is 2.04.